The van der Waals surface area contributed by atoms with Gasteiger partial charge in [0.1, 0.15) is 12.4 Å². The fourth-order valence-electron chi connectivity index (χ4n) is 1.37. The smallest absolute Gasteiger partial charge is 0.182 e. The molecular formula is C12H11BrCl2N2OS. The molecule has 0 unspecified atom stereocenters. The van der Waals surface area contributed by atoms with Crippen LogP contribution in [-0.2, 0) is 6.61 Å². The van der Waals surface area contributed by atoms with E-state index in [1.54, 1.807) is 29.7 Å². The van der Waals surface area contributed by atoms with Gasteiger partial charge in [0.2, 0.25) is 0 Å². The van der Waals surface area contributed by atoms with Crippen LogP contribution in [0.1, 0.15) is 11.8 Å². The zero-order valence-electron chi connectivity index (χ0n) is 10.0. The lowest BCUT2D eigenvalue weighted by Gasteiger charge is -2.08. The minimum absolute atomic E-state index is 0.417. The fourth-order valence-corrected chi connectivity index (χ4v) is 3.01. The number of benzene rings is 1. The molecule has 1 aromatic heterocycles. The molecule has 2 rings (SSSR count). The summed E-state index contributed by atoms with van der Waals surface area (Å²) in [5, 5.41) is 5.13. The maximum absolute atomic E-state index is 6.08. The van der Waals surface area contributed by atoms with Gasteiger partial charge in [0.05, 0.1) is 14.9 Å². The maximum atomic E-state index is 6.08. The molecular weight excluding hydrogens is 371 g/mol. The number of thiazole rings is 1. The Hall–Kier alpha value is -0.490. The lowest BCUT2D eigenvalue weighted by Crippen LogP contribution is -1.94. The summed E-state index contributed by atoms with van der Waals surface area (Å²) in [5.41, 5.74) is 0. The third-order valence-electron chi connectivity index (χ3n) is 2.23. The largest absolute Gasteiger partial charge is 0.486 e. The van der Waals surface area contributed by atoms with Crippen molar-refractivity contribution in [3.63, 3.8) is 0 Å². The Morgan fingerprint density at radius 1 is 1.37 bits per heavy atom. The second-order valence-corrected chi connectivity index (χ2v) is 6.43. The molecule has 0 bridgehead atoms. The van der Waals surface area contributed by atoms with E-state index >= 15 is 0 Å². The number of rotatable bonds is 5. The zero-order valence-corrected chi connectivity index (χ0v) is 14.0. The summed E-state index contributed by atoms with van der Waals surface area (Å²) in [6, 6.07) is 3.41. The Labute approximate surface area is 134 Å². The molecule has 7 heteroatoms. The van der Waals surface area contributed by atoms with Crippen molar-refractivity contribution < 1.29 is 4.74 Å². The van der Waals surface area contributed by atoms with Crippen LogP contribution in [0.25, 0.3) is 0 Å². The van der Waals surface area contributed by atoms with Crippen molar-refractivity contribution in [3.8, 4) is 5.75 Å². The van der Waals surface area contributed by atoms with Crippen LogP contribution < -0.4 is 10.1 Å². The molecule has 1 N–H and O–H groups in total. The van der Waals surface area contributed by atoms with Gasteiger partial charge in [0, 0.05) is 23.3 Å². The van der Waals surface area contributed by atoms with Gasteiger partial charge < -0.3 is 10.1 Å². The van der Waals surface area contributed by atoms with E-state index in [4.69, 9.17) is 27.9 Å². The van der Waals surface area contributed by atoms with Crippen molar-refractivity contribution in [2.45, 2.75) is 13.5 Å². The van der Waals surface area contributed by atoms with Crippen LogP contribution in [0.5, 0.6) is 5.75 Å². The molecule has 0 amide bonds. The van der Waals surface area contributed by atoms with Gasteiger partial charge in [0.15, 0.2) is 5.13 Å². The first-order valence-electron chi connectivity index (χ1n) is 5.56. The van der Waals surface area contributed by atoms with E-state index in [1.165, 1.54) is 0 Å². The molecule has 2 aromatic rings. The lowest BCUT2D eigenvalue weighted by molar-refractivity contribution is 0.309. The highest BCUT2D eigenvalue weighted by Gasteiger charge is 2.08. The van der Waals surface area contributed by atoms with Crippen molar-refractivity contribution in [2.75, 3.05) is 11.9 Å². The average molecular weight is 382 g/mol. The summed E-state index contributed by atoms with van der Waals surface area (Å²) >= 11 is 17.0. The Kier molecular flexibility index (Phi) is 5.33. The molecule has 0 fully saturated rings. The molecule has 0 spiro atoms. The monoisotopic (exact) mass is 380 g/mol. The summed E-state index contributed by atoms with van der Waals surface area (Å²) in [6.45, 7) is 3.30. The average Bonchev–Trinajstić information content (AvgIpc) is 2.80. The van der Waals surface area contributed by atoms with Crippen molar-refractivity contribution in [3.05, 3.63) is 37.7 Å². The first-order chi connectivity index (χ1) is 9.10. The van der Waals surface area contributed by atoms with Gasteiger partial charge in [-0.05, 0) is 28.9 Å². The van der Waals surface area contributed by atoms with Crippen molar-refractivity contribution in [1.82, 2.24) is 4.98 Å². The minimum Gasteiger partial charge on any atom is -0.486 e. The second-order valence-electron chi connectivity index (χ2n) is 3.65. The molecule has 0 aliphatic carbocycles. The number of nitrogens with zero attached hydrogens (tertiary/aromatic N) is 1. The second kappa shape index (κ2) is 6.79. The maximum Gasteiger partial charge on any atom is 0.182 e. The van der Waals surface area contributed by atoms with Crippen molar-refractivity contribution in [1.29, 1.82) is 0 Å². The molecule has 19 heavy (non-hydrogen) atoms. The van der Waals surface area contributed by atoms with Gasteiger partial charge in [-0.2, -0.15) is 0 Å². The standard InChI is InChI=1S/C12H11BrCl2N2OS/c1-2-16-12-17-5-7(19-12)6-18-11-4-9(14)8(13)3-10(11)15/h3-5H,2,6H2,1H3,(H,16,17). The van der Waals surface area contributed by atoms with Crippen LogP contribution in [0.2, 0.25) is 10.0 Å². The third-order valence-corrected chi connectivity index (χ3v) is 4.65. The molecule has 0 radical (unpaired) electrons. The SMILES string of the molecule is CCNc1ncc(COc2cc(Cl)c(Br)cc2Cl)s1. The Bertz CT molecular complexity index is 577. The molecule has 1 heterocycles. The predicted molar refractivity (Wildman–Crippen MR) is 84.8 cm³/mol. The van der Waals surface area contributed by atoms with Gasteiger partial charge in [-0.15, -0.1) is 0 Å². The number of ether oxygens (including phenoxy) is 1. The van der Waals surface area contributed by atoms with Crippen LogP contribution in [-0.4, -0.2) is 11.5 Å². The van der Waals surface area contributed by atoms with E-state index in [9.17, 15) is 0 Å². The van der Waals surface area contributed by atoms with Gasteiger partial charge >= 0.3 is 0 Å². The molecule has 0 saturated carbocycles. The quantitative estimate of drug-likeness (QED) is 0.720. The summed E-state index contributed by atoms with van der Waals surface area (Å²) in [4.78, 5) is 5.25. The van der Waals surface area contributed by atoms with Crippen LogP contribution in [0.15, 0.2) is 22.8 Å². The third kappa shape index (κ3) is 3.99. The van der Waals surface area contributed by atoms with Gasteiger partial charge in [-0.25, -0.2) is 4.98 Å². The number of hydrogen-bond donors (Lipinski definition) is 1. The summed E-state index contributed by atoms with van der Waals surface area (Å²) in [7, 11) is 0. The van der Waals surface area contributed by atoms with Crippen LogP contribution in [0.3, 0.4) is 0 Å². The number of nitrogens with one attached hydrogen (secondary N) is 1. The molecule has 0 aliphatic rings. The predicted octanol–water partition coefficient (Wildman–Crippen LogP) is 5.22. The Morgan fingerprint density at radius 3 is 2.89 bits per heavy atom. The van der Waals surface area contributed by atoms with Gasteiger partial charge in [-0.1, -0.05) is 34.5 Å². The first-order valence-corrected chi connectivity index (χ1v) is 7.92. The van der Waals surface area contributed by atoms with Gasteiger partial charge in [0.25, 0.3) is 0 Å². The molecule has 0 atom stereocenters. The molecule has 0 aliphatic heterocycles. The van der Waals surface area contributed by atoms with E-state index in [0.717, 1.165) is 21.0 Å². The number of anilines is 1. The van der Waals surface area contributed by atoms with Crippen LogP contribution in [0, 0.1) is 0 Å². The Balaban J connectivity index is 2.03. The summed E-state index contributed by atoms with van der Waals surface area (Å²) < 4.78 is 6.40. The topological polar surface area (TPSA) is 34.2 Å². The lowest BCUT2D eigenvalue weighted by atomic mass is 10.3. The minimum atomic E-state index is 0.417. The zero-order chi connectivity index (χ0) is 13.8. The van der Waals surface area contributed by atoms with Crippen LogP contribution in [0.4, 0.5) is 5.13 Å². The van der Waals surface area contributed by atoms with E-state index in [1.807, 2.05) is 6.92 Å². The highest BCUT2D eigenvalue weighted by atomic mass is 79.9. The van der Waals surface area contributed by atoms with Crippen molar-refractivity contribution in [2.24, 2.45) is 0 Å². The molecule has 1 aromatic carbocycles. The highest BCUT2D eigenvalue weighted by molar-refractivity contribution is 9.10. The number of hydrogen-bond acceptors (Lipinski definition) is 4. The molecule has 0 saturated heterocycles. The number of aromatic nitrogens is 1. The van der Waals surface area contributed by atoms with Crippen molar-refractivity contribution >= 4 is 55.6 Å². The first kappa shape index (κ1) is 14.9. The highest BCUT2D eigenvalue weighted by Crippen LogP contribution is 2.34. The van der Waals surface area contributed by atoms with E-state index < -0.39 is 0 Å². The van der Waals surface area contributed by atoms with E-state index in [-0.39, 0.29) is 0 Å². The van der Waals surface area contributed by atoms with E-state index in [2.05, 4.69) is 26.2 Å². The molecule has 102 valence electrons. The van der Waals surface area contributed by atoms with Gasteiger partial charge in [-0.3, -0.25) is 0 Å². The number of halogens is 3. The summed E-state index contributed by atoms with van der Waals surface area (Å²) in [5.74, 6) is 0.563. The fraction of sp³-hybridized carbons (Fsp3) is 0.250. The van der Waals surface area contributed by atoms with Crippen LogP contribution >= 0.6 is 50.5 Å². The van der Waals surface area contributed by atoms with E-state index in [0.29, 0.717) is 22.4 Å². The Morgan fingerprint density at radius 2 is 2.16 bits per heavy atom. The summed E-state index contributed by atoms with van der Waals surface area (Å²) in [6.07, 6.45) is 1.79. The molecule has 3 nitrogen and oxygen atoms in total. The normalized spacial score (nSPS) is 10.5.